The van der Waals surface area contributed by atoms with E-state index >= 15 is 0 Å². The van der Waals surface area contributed by atoms with Crippen molar-refractivity contribution in [3.8, 4) is 11.5 Å². The Kier molecular flexibility index (Phi) is 8.67. The van der Waals surface area contributed by atoms with Crippen molar-refractivity contribution >= 4 is 18.3 Å². The van der Waals surface area contributed by atoms with Crippen LogP contribution in [-0.4, -0.2) is 62.9 Å². The van der Waals surface area contributed by atoms with E-state index < -0.39 is 0 Å². The number of carbonyl (C=O) groups is 1. The summed E-state index contributed by atoms with van der Waals surface area (Å²) in [5.74, 6) is 1.37. The van der Waals surface area contributed by atoms with Gasteiger partial charge in [0.05, 0.1) is 20.3 Å². The first-order valence-electron chi connectivity index (χ1n) is 9.58. The normalized spacial score (nSPS) is 19.6. The summed E-state index contributed by atoms with van der Waals surface area (Å²) < 4.78 is 16.2. The van der Waals surface area contributed by atoms with Crippen LogP contribution in [0.1, 0.15) is 32.1 Å². The van der Waals surface area contributed by atoms with Crippen LogP contribution >= 0.6 is 12.4 Å². The molecule has 1 amide bonds. The molecule has 152 valence electrons. The van der Waals surface area contributed by atoms with Gasteiger partial charge in [-0.15, -0.1) is 12.4 Å². The van der Waals surface area contributed by atoms with E-state index in [-0.39, 0.29) is 30.5 Å². The minimum absolute atomic E-state index is 0. The van der Waals surface area contributed by atoms with Gasteiger partial charge in [0.25, 0.3) is 5.91 Å². The lowest BCUT2D eigenvalue weighted by molar-refractivity contribution is -0.124. The molecule has 1 aliphatic heterocycles. The number of amides is 1. The number of nitrogens with one attached hydrogen (secondary N) is 1. The molecule has 0 atom stereocenters. The quantitative estimate of drug-likeness (QED) is 0.765. The number of hydrogen-bond donors (Lipinski definition) is 1. The molecule has 27 heavy (non-hydrogen) atoms. The van der Waals surface area contributed by atoms with E-state index in [1.807, 2.05) is 24.3 Å². The second kappa shape index (κ2) is 10.7. The van der Waals surface area contributed by atoms with Gasteiger partial charge in [-0.1, -0.05) is 19.3 Å². The average molecular weight is 399 g/mol. The SMILES string of the molecule is COc1ccc(OCC(=O)NCC2(N3CCOCC3)CCCCC2)cc1.Cl. The number of benzene rings is 1. The Morgan fingerprint density at radius 2 is 1.74 bits per heavy atom. The highest BCUT2D eigenvalue weighted by Crippen LogP contribution is 2.33. The maximum absolute atomic E-state index is 12.3. The Hall–Kier alpha value is -1.50. The third-order valence-electron chi connectivity index (χ3n) is 5.51. The third kappa shape index (κ3) is 5.99. The second-order valence-corrected chi connectivity index (χ2v) is 7.13. The number of nitrogens with zero attached hydrogens (tertiary/aromatic N) is 1. The van der Waals surface area contributed by atoms with Crippen LogP contribution in [0.2, 0.25) is 0 Å². The van der Waals surface area contributed by atoms with E-state index in [1.54, 1.807) is 7.11 Å². The minimum Gasteiger partial charge on any atom is -0.497 e. The summed E-state index contributed by atoms with van der Waals surface area (Å²) in [6, 6.07) is 7.26. The van der Waals surface area contributed by atoms with Gasteiger partial charge < -0.3 is 19.5 Å². The van der Waals surface area contributed by atoms with Crippen LogP contribution < -0.4 is 14.8 Å². The number of morpholine rings is 1. The minimum atomic E-state index is -0.0703. The third-order valence-corrected chi connectivity index (χ3v) is 5.51. The molecule has 3 rings (SSSR count). The van der Waals surface area contributed by atoms with Crippen molar-refractivity contribution in [2.45, 2.75) is 37.6 Å². The highest BCUT2D eigenvalue weighted by molar-refractivity contribution is 5.85. The van der Waals surface area contributed by atoms with Crippen molar-refractivity contribution in [2.75, 3.05) is 46.6 Å². The first kappa shape index (κ1) is 21.8. The number of rotatable bonds is 7. The van der Waals surface area contributed by atoms with Crippen molar-refractivity contribution in [3.05, 3.63) is 24.3 Å². The predicted octanol–water partition coefficient (Wildman–Crippen LogP) is 2.65. The standard InChI is InChI=1S/C20H30N2O4.ClH/c1-24-17-5-7-18(8-6-17)26-15-19(23)21-16-20(9-3-2-4-10-20)22-11-13-25-14-12-22;/h5-8H,2-4,9-16H2,1H3,(H,21,23);1H. The molecule has 0 bridgehead atoms. The Balaban J connectivity index is 0.00000261. The highest BCUT2D eigenvalue weighted by atomic mass is 35.5. The Labute approximate surface area is 167 Å². The van der Waals surface area contributed by atoms with Gasteiger partial charge in [-0.25, -0.2) is 0 Å². The average Bonchev–Trinajstić information content (AvgIpc) is 2.72. The highest BCUT2D eigenvalue weighted by Gasteiger charge is 2.38. The van der Waals surface area contributed by atoms with Crippen LogP contribution in [0.25, 0.3) is 0 Å². The van der Waals surface area contributed by atoms with Crippen LogP contribution in [-0.2, 0) is 9.53 Å². The molecule has 0 unspecified atom stereocenters. The topological polar surface area (TPSA) is 60.0 Å². The summed E-state index contributed by atoms with van der Waals surface area (Å²) in [4.78, 5) is 14.8. The summed E-state index contributed by atoms with van der Waals surface area (Å²) in [6.07, 6.45) is 6.05. The zero-order chi connectivity index (χ0) is 18.2. The van der Waals surface area contributed by atoms with Gasteiger partial charge in [-0.2, -0.15) is 0 Å². The molecule has 2 aliphatic rings. The zero-order valence-electron chi connectivity index (χ0n) is 16.1. The summed E-state index contributed by atoms with van der Waals surface area (Å²) in [5.41, 5.74) is 0.0812. The van der Waals surface area contributed by atoms with Crippen LogP contribution in [0.5, 0.6) is 11.5 Å². The van der Waals surface area contributed by atoms with Gasteiger partial charge in [0.15, 0.2) is 6.61 Å². The molecule has 0 radical (unpaired) electrons. The van der Waals surface area contributed by atoms with Gasteiger partial charge in [-0.05, 0) is 37.1 Å². The molecule has 7 heteroatoms. The number of hydrogen-bond acceptors (Lipinski definition) is 5. The first-order valence-corrected chi connectivity index (χ1v) is 9.58. The fraction of sp³-hybridized carbons (Fsp3) is 0.650. The van der Waals surface area contributed by atoms with Gasteiger partial charge in [0.2, 0.25) is 0 Å². The number of carbonyl (C=O) groups excluding carboxylic acids is 1. The van der Waals surface area contributed by atoms with Crippen LogP contribution in [0.3, 0.4) is 0 Å². The van der Waals surface area contributed by atoms with E-state index in [4.69, 9.17) is 14.2 Å². The fourth-order valence-corrected chi connectivity index (χ4v) is 3.99. The van der Waals surface area contributed by atoms with Gasteiger partial charge in [0.1, 0.15) is 11.5 Å². The van der Waals surface area contributed by atoms with Gasteiger partial charge >= 0.3 is 0 Å². The Morgan fingerprint density at radius 1 is 1.11 bits per heavy atom. The smallest absolute Gasteiger partial charge is 0.258 e. The molecular weight excluding hydrogens is 368 g/mol. The number of methoxy groups -OCH3 is 1. The molecule has 0 spiro atoms. The van der Waals surface area contributed by atoms with Crippen molar-refractivity contribution in [3.63, 3.8) is 0 Å². The van der Waals surface area contributed by atoms with Crippen LogP contribution in [0, 0.1) is 0 Å². The number of halogens is 1. The zero-order valence-corrected chi connectivity index (χ0v) is 16.9. The molecule has 1 aliphatic carbocycles. The maximum Gasteiger partial charge on any atom is 0.258 e. The molecule has 2 fully saturated rings. The molecule has 1 N–H and O–H groups in total. The molecule has 1 aromatic rings. The molecular formula is C20H31ClN2O4. The first-order chi connectivity index (χ1) is 12.7. The van der Waals surface area contributed by atoms with Crippen LogP contribution in [0.4, 0.5) is 0 Å². The largest absolute Gasteiger partial charge is 0.497 e. The molecule has 1 saturated heterocycles. The van der Waals surface area contributed by atoms with Crippen molar-refractivity contribution in [1.82, 2.24) is 10.2 Å². The van der Waals surface area contributed by atoms with E-state index in [2.05, 4.69) is 10.2 Å². The van der Waals surface area contributed by atoms with E-state index in [0.717, 1.165) is 44.9 Å². The summed E-state index contributed by atoms with van der Waals surface area (Å²) >= 11 is 0. The molecule has 1 aromatic carbocycles. The van der Waals surface area contributed by atoms with Gasteiger partial charge in [-0.3, -0.25) is 9.69 Å². The fourth-order valence-electron chi connectivity index (χ4n) is 3.99. The predicted molar refractivity (Wildman–Crippen MR) is 107 cm³/mol. The summed E-state index contributed by atoms with van der Waals surface area (Å²) in [6.45, 7) is 4.21. The van der Waals surface area contributed by atoms with E-state index in [0.29, 0.717) is 12.3 Å². The Bertz CT molecular complexity index is 570. The second-order valence-electron chi connectivity index (χ2n) is 7.13. The monoisotopic (exact) mass is 398 g/mol. The molecule has 1 heterocycles. The van der Waals surface area contributed by atoms with E-state index in [9.17, 15) is 4.79 Å². The van der Waals surface area contributed by atoms with Gasteiger partial charge in [0, 0.05) is 25.2 Å². The summed E-state index contributed by atoms with van der Waals surface area (Å²) in [5, 5.41) is 3.11. The van der Waals surface area contributed by atoms with E-state index in [1.165, 1.54) is 19.3 Å². The summed E-state index contributed by atoms with van der Waals surface area (Å²) in [7, 11) is 1.62. The van der Waals surface area contributed by atoms with Crippen molar-refractivity contribution in [1.29, 1.82) is 0 Å². The lowest BCUT2D eigenvalue weighted by atomic mass is 9.79. The Morgan fingerprint density at radius 3 is 2.37 bits per heavy atom. The number of ether oxygens (including phenoxy) is 3. The van der Waals surface area contributed by atoms with Crippen molar-refractivity contribution < 1.29 is 19.0 Å². The molecule has 6 nitrogen and oxygen atoms in total. The van der Waals surface area contributed by atoms with Crippen molar-refractivity contribution in [2.24, 2.45) is 0 Å². The lowest BCUT2D eigenvalue weighted by Crippen LogP contribution is -2.60. The lowest BCUT2D eigenvalue weighted by Gasteiger charge is -2.48. The molecule has 1 saturated carbocycles. The maximum atomic E-state index is 12.3. The van der Waals surface area contributed by atoms with Crippen LogP contribution in [0.15, 0.2) is 24.3 Å². The molecule has 0 aromatic heterocycles.